The fourth-order valence-electron chi connectivity index (χ4n) is 2.38. The number of rotatable bonds is 1. The molecule has 0 atom stereocenters. The van der Waals surface area contributed by atoms with Gasteiger partial charge >= 0.3 is 0 Å². The van der Waals surface area contributed by atoms with Crippen molar-refractivity contribution in [3.8, 4) is 0 Å². The first-order valence-electron chi connectivity index (χ1n) is 5.59. The Morgan fingerprint density at radius 3 is 2.38 bits per heavy atom. The summed E-state index contributed by atoms with van der Waals surface area (Å²) < 4.78 is 5.33. The molecule has 1 aliphatic carbocycles. The summed E-state index contributed by atoms with van der Waals surface area (Å²) in [6.07, 6.45) is 5.78. The molecule has 0 amide bonds. The highest BCUT2D eigenvalue weighted by atomic mass is 16.3. The van der Waals surface area contributed by atoms with Crippen LogP contribution in [-0.4, -0.2) is 0 Å². The second-order valence-corrected chi connectivity index (χ2v) is 5.30. The van der Waals surface area contributed by atoms with E-state index < -0.39 is 0 Å². The highest BCUT2D eigenvalue weighted by Crippen LogP contribution is 2.43. The first kappa shape index (κ1) is 11.0. The van der Waals surface area contributed by atoms with Crippen molar-refractivity contribution >= 4 is 6.08 Å². The molecule has 1 heterocycles. The Labute approximate surface area is 97.2 Å². The zero-order valence-corrected chi connectivity index (χ0v) is 10.0. The molecule has 0 N–H and O–H groups in total. The molecule has 0 bridgehead atoms. The molecule has 1 aromatic heterocycles. The minimum absolute atomic E-state index is 0.286. The third-order valence-corrected chi connectivity index (χ3v) is 2.98. The van der Waals surface area contributed by atoms with Crippen molar-refractivity contribution in [3.05, 3.63) is 54.0 Å². The summed E-state index contributed by atoms with van der Waals surface area (Å²) in [6, 6.07) is 3.85. The zero-order valence-electron chi connectivity index (χ0n) is 10.0. The molecule has 0 spiro atoms. The van der Waals surface area contributed by atoms with Gasteiger partial charge in [-0.25, -0.2) is 0 Å². The largest absolute Gasteiger partial charge is 0.465 e. The molecule has 0 unspecified atom stereocenters. The van der Waals surface area contributed by atoms with Gasteiger partial charge in [0.05, 0.1) is 6.26 Å². The van der Waals surface area contributed by atoms with Gasteiger partial charge in [0.25, 0.3) is 0 Å². The lowest BCUT2D eigenvalue weighted by molar-refractivity contribution is 0.349. The van der Waals surface area contributed by atoms with Crippen LogP contribution in [0.2, 0.25) is 0 Å². The Balaban J connectivity index is 2.30. The van der Waals surface area contributed by atoms with Crippen LogP contribution in [0.15, 0.2) is 52.7 Å². The van der Waals surface area contributed by atoms with Gasteiger partial charge in [0.2, 0.25) is 0 Å². The van der Waals surface area contributed by atoms with Crippen molar-refractivity contribution in [2.24, 2.45) is 5.41 Å². The van der Waals surface area contributed by atoms with Crippen molar-refractivity contribution in [3.63, 3.8) is 0 Å². The molecule has 1 fully saturated rings. The van der Waals surface area contributed by atoms with E-state index in [0.717, 1.165) is 35.3 Å². The summed E-state index contributed by atoms with van der Waals surface area (Å²) in [5, 5.41) is 0. The van der Waals surface area contributed by atoms with Crippen molar-refractivity contribution in [1.82, 2.24) is 0 Å². The molecule has 1 aliphatic rings. The van der Waals surface area contributed by atoms with Crippen LogP contribution < -0.4 is 0 Å². The van der Waals surface area contributed by atoms with E-state index in [1.807, 2.05) is 18.2 Å². The number of furan rings is 1. The highest BCUT2D eigenvalue weighted by molar-refractivity contribution is 5.63. The molecule has 1 heteroatoms. The molecule has 2 rings (SSSR count). The average Bonchev–Trinajstić information content (AvgIpc) is 2.62. The molecule has 16 heavy (non-hydrogen) atoms. The molecule has 1 nitrogen and oxygen atoms in total. The Bertz CT molecular complexity index is 422. The predicted octanol–water partition coefficient (Wildman–Crippen LogP) is 4.60. The number of hydrogen-bond acceptors (Lipinski definition) is 1. The maximum atomic E-state index is 5.33. The average molecular weight is 214 g/mol. The number of allylic oxidation sites excluding steroid dienone is 3. The van der Waals surface area contributed by atoms with Crippen LogP contribution in [0.3, 0.4) is 0 Å². The minimum atomic E-state index is 0.286. The van der Waals surface area contributed by atoms with Crippen LogP contribution in [0.4, 0.5) is 0 Å². The monoisotopic (exact) mass is 214 g/mol. The van der Waals surface area contributed by atoms with Gasteiger partial charge in [0, 0.05) is 0 Å². The van der Waals surface area contributed by atoms with E-state index in [2.05, 4.69) is 27.0 Å². The minimum Gasteiger partial charge on any atom is -0.465 e. The van der Waals surface area contributed by atoms with Gasteiger partial charge in [-0.05, 0) is 53.2 Å². The summed E-state index contributed by atoms with van der Waals surface area (Å²) >= 11 is 0. The lowest BCUT2D eigenvalue weighted by Gasteiger charge is -2.34. The van der Waals surface area contributed by atoms with Crippen LogP contribution in [0.25, 0.3) is 6.08 Å². The van der Waals surface area contributed by atoms with Crippen LogP contribution in [-0.2, 0) is 0 Å². The summed E-state index contributed by atoms with van der Waals surface area (Å²) in [7, 11) is 0. The fraction of sp³-hybridized carbons (Fsp3) is 0.333. The van der Waals surface area contributed by atoms with Crippen molar-refractivity contribution in [1.29, 1.82) is 0 Å². The maximum Gasteiger partial charge on any atom is 0.127 e. The SMILES string of the molecule is C=C1CC(C)(C)CC(=C)C1=Cc1ccco1. The lowest BCUT2D eigenvalue weighted by Crippen LogP contribution is -2.19. The fourth-order valence-corrected chi connectivity index (χ4v) is 2.38. The van der Waals surface area contributed by atoms with Gasteiger partial charge in [-0.15, -0.1) is 0 Å². The summed E-state index contributed by atoms with van der Waals surface area (Å²) in [5.41, 5.74) is 3.78. The first-order chi connectivity index (χ1) is 7.48. The first-order valence-corrected chi connectivity index (χ1v) is 5.59. The van der Waals surface area contributed by atoms with Gasteiger partial charge in [-0.2, -0.15) is 0 Å². The maximum absolute atomic E-state index is 5.33. The van der Waals surface area contributed by atoms with E-state index in [9.17, 15) is 0 Å². The smallest absolute Gasteiger partial charge is 0.127 e. The molecular formula is C15H18O. The van der Waals surface area contributed by atoms with Crippen molar-refractivity contribution < 1.29 is 4.42 Å². The molecular weight excluding hydrogens is 196 g/mol. The zero-order chi connectivity index (χ0) is 11.8. The Morgan fingerprint density at radius 1 is 1.25 bits per heavy atom. The van der Waals surface area contributed by atoms with Gasteiger partial charge in [-0.1, -0.05) is 27.0 Å². The second-order valence-electron chi connectivity index (χ2n) is 5.30. The molecule has 0 aliphatic heterocycles. The molecule has 0 saturated heterocycles. The van der Waals surface area contributed by atoms with Gasteiger partial charge in [0.15, 0.2) is 0 Å². The normalized spacial score (nSPS) is 20.0. The summed E-state index contributed by atoms with van der Waals surface area (Å²) in [4.78, 5) is 0. The Morgan fingerprint density at radius 2 is 1.88 bits per heavy atom. The molecule has 84 valence electrons. The molecule has 0 aromatic carbocycles. The van der Waals surface area contributed by atoms with Crippen molar-refractivity contribution in [2.75, 3.05) is 0 Å². The van der Waals surface area contributed by atoms with Gasteiger partial charge < -0.3 is 4.42 Å². The quantitative estimate of drug-likeness (QED) is 0.666. The third kappa shape index (κ3) is 2.19. The Hall–Kier alpha value is -1.50. The van der Waals surface area contributed by atoms with E-state index in [4.69, 9.17) is 4.42 Å². The van der Waals surface area contributed by atoms with E-state index in [0.29, 0.717) is 0 Å². The Kier molecular flexibility index (Phi) is 2.63. The molecule has 1 aromatic rings. The van der Waals surface area contributed by atoms with Crippen LogP contribution >= 0.6 is 0 Å². The summed E-state index contributed by atoms with van der Waals surface area (Å²) in [5.74, 6) is 0.872. The molecule has 1 saturated carbocycles. The van der Waals surface area contributed by atoms with Crippen LogP contribution in [0.1, 0.15) is 32.4 Å². The topological polar surface area (TPSA) is 13.1 Å². The van der Waals surface area contributed by atoms with Gasteiger partial charge in [0.1, 0.15) is 5.76 Å². The van der Waals surface area contributed by atoms with Crippen LogP contribution in [0.5, 0.6) is 0 Å². The summed E-state index contributed by atoms with van der Waals surface area (Å²) in [6.45, 7) is 12.8. The van der Waals surface area contributed by atoms with E-state index in [1.165, 1.54) is 0 Å². The second kappa shape index (κ2) is 3.82. The van der Waals surface area contributed by atoms with Gasteiger partial charge in [-0.3, -0.25) is 0 Å². The van der Waals surface area contributed by atoms with E-state index >= 15 is 0 Å². The van der Waals surface area contributed by atoms with E-state index in [1.54, 1.807) is 6.26 Å². The van der Waals surface area contributed by atoms with Crippen molar-refractivity contribution in [2.45, 2.75) is 26.7 Å². The number of hydrogen-bond donors (Lipinski definition) is 0. The molecule has 0 radical (unpaired) electrons. The predicted molar refractivity (Wildman–Crippen MR) is 68.0 cm³/mol. The van der Waals surface area contributed by atoms with Crippen LogP contribution in [0, 0.1) is 5.41 Å². The lowest BCUT2D eigenvalue weighted by atomic mass is 9.71. The third-order valence-electron chi connectivity index (χ3n) is 2.98. The standard InChI is InChI=1S/C15H18O/c1-11-9-15(3,4)10-12(2)14(11)8-13-6-5-7-16-13/h5-8H,1-2,9-10H2,3-4H3. The van der Waals surface area contributed by atoms with E-state index in [-0.39, 0.29) is 5.41 Å². The highest BCUT2D eigenvalue weighted by Gasteiger charge is 2.28.